The number of carbonyl (C=O) groups is 1. The summed E-state index contributed by atoms with van der Waals surface area (Å²) < 4.78 is 10.9. The zero-order chi connectivity index (χ0) is 15.4. The first-order chi connectivity index (χ1) is 10.8. The van der Waals surface area contributed by atoms with E-state index >= 15 is 0 Å². The van der Waals surface area contributed by atoms with Crippen LogP contribution in [0.3, 0.4) is 0 Å². The van der Waals surface area contributed by atoms with Crippen molar-refractivity contribution in [2.24, 2.45) is 0 Å². The summed E-state index contributed by atoms with van der Waals surface area (Å²) in [5.41, 5.74) is 0.726. The van der Waals surface area contributed by atoms with Crippen LogP contribution < -0.4 is 10.1 Å². The number of hydrogen-bond donors (Lipinski definition) is 1. The minimum atomic E-state index is -0.0586. The van der Waals surface area contributed by atoms with Gasteiger partial charge in [-0.05, 0) is 19.1 Å². The van der Waals surface area contributed by atoms with Crippen molar-refractivity contribution >= 4 is 11.7 Å². The van der Waals surface area contributed by atoms with Crippen molar-refractivity contribution in [1.29, 1.82) is 0 Å². The molecule has 0 unspecified atom stereocenters. The lowest BCUT2D eigenvalue weighted by Gasteiger charge is -2.46. The maximum atomic E-state index is 12.3. The molecule has 0 aliphatic carbocycles. The van der Waals surface area contributed by atoms with E-state index in [2.05, 4.69) is 10.2 Å². The summed E-state index contributed by atoms with van der Waals surface area (Å²) in [6.45, 7) is 7.59. The Morgan fingerprint density at radius 1 is 1.32 bits per heavy atom. The lowest BCUT2D eigenvalue weighted by Crippen LogP contribution is -2.63. The van der Waals surface area contributed by atoms with Crippen LogP contribution in [0.15, 0.2) is 24.3 Å². The number of anilines is 1. The van der Waals surface area contributed by atoms with Crippen LogP contribution in [0.4, 0.5) is 10.5 Å². The van der Waals surface area contributed by atoms with E-state index in [1.54, 1.807) is 0 Å². The summed E-state index contributed by atoms with van der Waals surface area (Å²) in [7, 11) is 0. The van der Waals surface area contributed by atoms with Crippen LogP contribution in [0.5, 0.6) is 5.75 Å². The lowest BCUT2D eigenvalue weighted by atomic mass is 10.1. The molecule has 3 rings (SSSR count). The first kappa shape index (κ1) is 15.1. The number of amides is 2. The van der Waals surface area contributed by atoms with Crippen LogP contribution in [0, 0.1) is 0 Å². The molecule has 120 valence electrons. The summed E-state index contributed by atoms with van der Waals surface area (Å²) >= 11 is 0. The number of nitrogens with one attached hydrogen (secondary N) is 1. The third-order valence-electron chi connectivity index (χ3n) is 4.14. The molecule has 2 aliphatic heterocycles. The van der Waals surface area contributed by atoms with Crippen LogP contribution in [-0.2, 0) is 4.74 Å². The van der Waals surface area contributed by atoms with E-state index in [1.807, 2.05) is 36.1 Å². The maximum absolute atomic E-state index is 12.3. The minimum Gasteiger partial charge on any atom is -0.492 e. The fraction of sp³-hybridized carbons (Fsp3) is 0.562. The molecular formula is C16H23N3O3. The molecule has 1 aromatic carbocycles. The van der Waals surface area contributed by atoms with E-state index in [1.165, 1.54) is 0 Å². The maximum Gasteiger partial charge on any atom is 0.322 e. The summed E-state index contributed by atoms with van der Waals surface area (Å²) in [5, 5.41) is 2.94. The highest BCUT2D eigenvalue weighted by Crippen LogP contribution is 2.25. The number of morpholine rings is 1. The molecular weight excluding hydrogens is 282 g/mol. The van der Waals surface area contributed by atoms with Crippen LogP contribution in [0.2, 0.25) is 0 Å². The molecule has 1 N–H and O–H groups in total. The molecule has 0 aromatic heterocycles. The smallest absolute Gasteiger partial charge is 0.322 e. The molecule has 1 aromatic rings. The summed E-state index contributed by atoms with van der Waals surface area (Å²) in [4.78, 5) is 16.5. The van der Waals surface area contributed by atoms with Gasteiger partial charge in [-0.2, -0.15) is 0 Å². The van der Waals surface area contributed by atoms with Crippen LogP contribution in [0.25, 0.3) is 0 Å². The molecule has 0 atom stereocenters. The second kappa shape index (κ2) is 6.98. The average Bonchev–Trinajstić information content (AvgIpc) is 2.49. The Morgan fingerprint density at radius 2 is 2.05 bits per heavy atom. The van der Waals surface area contributed by atoms with Gasteiger partial charge in [-0.3, -0.25) is 4.90 Å². The number of ether oxygens (including phenoxy) is 2. The van der Waals surface area contributed by atoms with Gasteiger partial charge in [-0.1, -0.05) is 12.1 Å². The fourth-order valence-electron chi connectivity index (χ4n) is 2.84. The van der Waals surface area contributed by atoms with Crippen molar-refractivity contribution in [3.63, 3.8) is 0 Å². The molecule has 2 saturated heterocycles. The van der Waals surface area contributed by atoms with E-state index in [0.29, 0.717) is 18.4 Å². The van der Waals surface area contributed by atoms with Gasteiger partial charge in [0.1, 0.15) is 5.75 Å². The predicted molar refractivity (Wildman–Crippen MR) is 84.4 cm³/mol. The molecule has 0 spiro atoms. The molecule has 22 heavy (non-hydrogen) atoms. The first-order valence-corrected chi connectivity index (χ1v) is 7.87. The number of benzene rings is 1. The molecule has 0 radical (unpaired) electrons. The van der Waals surface area contributed by atoms with Crippen molar-refractivity contribution in [3.8, 4) is 5.75 Å². The van der Waals surface area contributed by atoms with E-state index < -0.39 is 0 Å². The molecule has 0 bridgehead atoms. The second-order valence-electron chi connectivity index (χ2n) is 5.57. The molecule has 2 fully saturated rings. The SMILES string of the molecule is CCOc1ccccc1NC(=O)N1CC(N2CCOCC2)C1. The number of carbonyl (C=O) groups excluding carboxylic acids is 1. The Morgan fingerprint density at radius 3 is 2.77 bits per heavy atom. The van der Waals surface area contributed by atoms with E-state index in [-0.39, 0.29) is 6.03 Å². The van der Waals surface area contributed by atoms with Crippen LogP contribution >= 0.6 is 0 Å². The van der Waals surface area contributed by atoms with Crippen molar-refractivity contribution in [3.05, 3.63) is 24.3 Å². The molecule has 2 heterocycles. The number of para-hydroxylation sites is 2. The molecule has 0 saturated carbocycles. The van der Waals surface area contributed by atoms with Gasteiger partial charge in [0, 0.05) is 32.2 Å². The van der Waals surface area contributed by atoms with E-state index in [9.17, 15) is 4.79 Å². The standard InChI is InChI=1S/C16H23N3O3/c1-2-22-15-6-4-3-5-14(15)17-16(20)19-11-13(12-19)18-7-9-21-10-8-18/h3-6,13H,2,7-12H2,1H3,(H,17,20). The zero-order valence-corrected chi connectivity index (χ0v) is 13.0. The van der Waals surface area contributed by atoms with Gasteiger partial charge in [0.2, 0.25) is 0 Å². The Hall–Kier alpha value is -1.79. The predicted octanol–water partition coefficient (Wildman–Crippen LogP) is 1.63. The van der Waals surface area contributed by atoms with Gasteiger partial charge in [0.15, 0.2) is 0 Å². The van der Waals surface area contributed by atoms with Gasteiger partial charge < -0.3 is 19.7 Å². The quantitative estimate of drug-likeness (QED) is 0.919. The van der Waals surface area contributed by atoms with Gasteiger partial charge in [-0.15, -0.1) is 0 Å². The van der Waals surface area contributed by atoms with Crippen molar-refractivity contribution in [2.75, 3.05) is 51.3 Å². The molecule has 2 amide bonds. The monoisotopic (exact) mass is 305 g/mol. The normalized spacial score (nSPS) is 19.6. The van der Waals surface area contributed by atoms with Crippen LogP contribution in [0.1, 0.15) is 6.92 Å². The Kier molecular flexibility index (Phi) is 4.80. The third-order valence-corrected chi connectivity index (χ3v) is 4.14. The molecule has 6 heteroatoms. The van der Waals surface area contributed by atoms with E-state index in [4.69, 9.17) is 9.47 Å². The fourth-order valence-corrected chi connectivity index (χ4v) is 2.84. The first-order valence-electron chi connectivity index (χ1n) is 7.87. The average molecular weight is 305 g/mol. The number of likely N-dealkylation sites (tertiary alicyclic amines) is 1. The Labute approximate surface area is 131 Å². The van der Waals surface area contributed by atoms with Crippen molar-refractivity contribution in [1.82, 2.24) is 9.80 Å². The summed E-state index contributed by atoms with van der Waals surface area (Å²) in [5.74, 6) is 0.712. The second-order valence-corrected chi connectivity index (χ2v) is 5.57. The highest BCUT2D eigenvalue weighted by Gasteiger charge is 2.35. The number of urea groups is 1. The van der Waals surface area contributed by atoms with Crippen LogP contribution in [-0.4, -0.2) is 67.9 Å². The number of nitrogens with zero attached hydrogens (tertiary/aromatic N) is 2. The van der Waals surface area contributed by atoms with Crippen molar-refractivity contribution < 1.29 is 14.3 Å². The minimum absolute atomic E-state index is 0.0586. The van der Waals surface area contributed by atoms with E-state index in [0.717, 1.165) is 45.1 Å². The number of hydrogen-bond acceptors (Lipinski definition) is 4. The van der Waals surface area contributed by atoms with Gasteiger partial charge >= 0.3 is 6.03 Å². The number of rotatable bonds is 4. The molecule has 6 nitrogen and oxygen atoms in total. The Bertz CT molecular complexity index is 511. The summed E-state index contributed by atoms with van der Waals surface area (Å²) in [6.07, 6.45) is 0. The Balaban J connectivity index is 1.51. The van der Waals surface area contributed by atoms with Gasteiger partial charge in [0.25, 0.3) is 0 Å². The van der Waals surface area contributed by atoms with Crippen molar-refractivity contribution in [2.45, 2.75) is 13.0 Å². The van der Waals surface area contributed by atoms with Gasteiger partial charge in [0.05, 0.1) is 25.5 Å². The van der Waals surface area contributed by atoms with Gasteiger partial charge in [-0.25, -0.2) is 4.79 Å². The molecule has 2 aliphatic rings. The lowest BCUT2D eigenvalue weighted by molar-refractivity contribution is -0.0189. The largest absolute Gasteiger partial charge is 0.492 e. The zero-order valence-electron chi connectivity index (χ0n) is 13.0. The topological polar surface area (TPSA) is 54.0 Å². The summed E-state index contributed by atoms with van der Waals surface area (Å²) in [6, 6.07) is 7.94. The highest BCUT2D eigenvalue weighted by atomic mass is 16.5. The highest BCUT2D eigenvalue weighted by molar-refractivity contribution is 5.91. The third kappa shape index (κ3) is 3.34.